The maximum Gasteiger partial charge on any atom is 0.308 e. The van der Waals surface area contributed by atoms with Gasteiger partial charge < -0.3 is 15.4 Å². The molecular formula is C19H22N2O4S. The first kappa shape index (κ1) is 19.7. The van der Waals surface area contributed by atoms with Crippen LogP contribution in [0.4, 0.5) is 5.69 Å². The summed E-state index contributed by atoms with van der Waals surface area (Å²) < 4.78 is 5.14. The number of ether oxygens (including phenoxy) is 1. The van der Waals surface area contributed by atoms with E-state index in [0.717, 1.165) is 16.8 Å². The van der Waals surface area contributed by atoms with E-state index in [0.29, 0.717) is 4.88 Å². The Morgan fingerprint density at radius 3 is 2.42 bits per heavy atom. The van der Waals surface area contributed by atoms with Crippen molar-refractivity contribution in [2.45, 2.75) is 33.3 Å². The minimum Gasteiger partial charge on any atom is -0.452 e. The van der Waals surface area contributed by atoms with Gasteiger partial charge >= 0.3 is 5.97 Å². The molecule has 2 amide bonds. The van der Waals surface area contributed by atoms with Gasteiger partial charge in [0.2, 0.25) is 0 Å². The molecule has 1 unspecified atom stereocenters. The number of benzene rings is 1. The van der Waals surface area contributed by atoms with Crippen LogP contribution in [0.5, 0.6) is 0 Å². The molecule has 0 aliphatic carbocycles. The van der Waals surface area contributed by atoms with Crippen LogP contribution in [-0.4, -0.2) is 30.4 Å². The second-order valence-electron chi connectivity index (χ2n) is 5.87. The van der Waals surface area contributed by atoms with Gasteiger partial charge in [0.15, 0.2) is 6.10 Å². The van der Waals surface area contributed by atoms with Gasteiger partial charge in [0.05, 0.1) is 11.3 Å². The van der Waals surface area contributed by atoms with Crippen molar-refractivity contribution < 1.29 is 19.1 Å². The Morgan fingerprint density at radius 2 is 1.81 bits per heavy atom. The third-order valence-corrected chi connectivity index (χ3v) is 4.64. The molecule has 2 N–H and O–H groups in total. The maximum absolute atomic E-state index is 12.2. The zero-order valence-electron chi connectivity index (χ0n) is 15.0. The van der Waals surface area contributed by atoms with E-state index in [1.807, 2.05) is 32.0 Å². The molecule has 2 aromatic rings. The van der Waals surface area contributed by atoms with E-state index in [9.17, 15) is 14.4 Å². The molecule has 1 aromatic heterocycles. The summed E-state index contributed by atoms with van der Waals surface area (Å²) in [5, 5.41) is 7.24. The van der Waals surface area contributed by atoms with Crippen molar-refractivity contribution in [2.75, 3.05) is 11.9 Å². The molecule has 0 bridgehead atoms. The number of hydrogen-bond donors (Lipinski definition) is 2. The van der Waals surface area contributed by atoms with E-state index in [1.54, 1.807) is 17.5 Å². The van der Waals surface area contributed by atoms with Crippen molar-refractivity contribution in [3.63, 3.8) is 0 Å². The van der Waals surface area contributed by atoms with Crippen molar-refractivity contribution in [2.24, 2.45) is 0 Å². The Hall–Kier alpha value is -2.67. The summed E-state index contributed by atoms with van der Waals surface area (Å²) >= 11 is 1.33. The highest BCUT2D eigenvalue weighted by atomic mass is 32.1. The zero-order chi connectivity index (χ0) is 19.1. The number of carbonyl (C=O) groups is 3. The Balaban J connectivity index is 1.77. The Labute approximate surface area is 156 Å². The second-order valence-corrected chi connectivity index (χ2v) is 6.82. The molecule has 138 valence electrons. The van der Waals surface area contributed by atoms with Gasteiger partial charge in [-0.15, -0.1) is 11.3 Å². The van der Waals surface area contributed by atoms with Crippen LogP contribution in [0.2, 0.25) is 0 Å². The van der Waals surface area contributed by atoms with E-state index in [2.05, 4.69) is 10.6 Å². The SMILES string of the molecule is Cc1cccc(C)c1NC(=O)C(C)OC(=O)CCNC(=O)c1cccs1. The predicted molar refractivity (Wildman–Crippen MR) is 101 cm³/mol. The molecule has 0 fully saturated rings. The first-order valence-electron chi connectivity index (χ1n) is 8.26. The minimum absolute atomic E-state index is 0.00186. The Morgan fingerprint density at radius 1 is 1.12 bits per heavy atom. The molecule has 1 atom stereocenters. The van der Waals surface area contributed by atoms with Crippen LogP contribution in [0, 0.1) is 13.8 Å². The molecule has 0 saturated heterocycles. The lowest BCUT2D eigenvalue weighted by Gasteiger charge is -2.16. The Kier molecular flexibility index (Phi) is 6.91. The molecule has 0 aliphatic rings. The van der Waals surface area contributed by atoms with Gasteiger partial charge in [-0.05, 0) is 43.3 Å². The largest absolute Gasteiger partial charge is 0.452 e. The fourth-order valence-corrected chi connectivity index (χ4v) is 2.96. The smallest absolute Gasteiger partial charge is 0.308 e. The summed E-state index contributed by atoms with van der Waals surface area (Å²) in [7, 11) is 0. The number of aryl methyl sites for hydroxylation is 2. The number of anilines is 1. The number of thiophene rings is 1. The first-order valence-corrected chi connectivity index (χ1v) is 9.14. The molecule has 0 radical (unpaired) electrons. The van der Waals surface area contributed by atoms with Crippen molar-refractivity contribution in [1.82, 2.24) is 5.32 Å². The highest BCUT2D eigenvalue weighted by Gasteiger charge is 2.19. The summed E-state index contributed by atoms with van der Waals surface area (Å²) in [6.45, 7) is 5.47. The predicted octanol–water partition coefficient (Wildman–Crippen LogP) is 3.06. The average Bonchev–Trinajstić information content (AvgIpc) is 3.12. The molecule has 0 saturated carbocycles. The van der Waals surface area contributed by atoms with E-state index in [4.69, 9.17) is 4.74 Å². The van der Waals surface area contributed by atoms with Crippen LogP contribution in [0.25, 0.3) is 0 Å². The minimum atomic E-state index is -0.922. The van der Waals surface area contributed by atoms with Crippen LogP contribution < -0.4 is 10.6 Å². The number of amides is 2. The van der Waals surface area contributed by atoms with Crippen LogP contribution in [0.15, 0.2) is 35.7 Å². The topological polar surface area (TPSA) is 84.5 Å². The molecule has 7 heteroatoms. The fraction of sp³-hybridized carbons (Fsp3) is 0.316. The van der Waals surface area contributed by atoms with Crippen molar-refractivity contribution in [3.05, 3.63) is 51.7 Å². The van der Waals surface area contributed by atoms with E-state index < -0.39 is 18.0 Å². The number of para-hydroxylation sites is 1. The van der Waals surface area contributed by atoms with Crippen LogP contribution in [0.1, 0.15) is 34.1 Å². The summed E-state index contributed by atoms with van der Waals surface area (Å²) in [5.74, 6) is -1.16. The van der Waals surface area contributed by atoms with Crippen molar-refractivity contribution >= 4 is 34.8 Å². The number of hydrogen-bond acceptors (Lipinski definition) is 5. The zero-order valence-corrected chi connectivity index (χ0v) is 15.8. The third-order valence-electron chi connectivity index (χ3n) is 3.77. The van der Waals surface area contributed by atoms with Crippen LogP contribution >= 0.6 is 11.3 Å². The lowest BCUT2D eigenvalue weighted by atomic mass is 10.1. The second kappa shape index (κ2) is 9.15. The number of nitrogens with one attached hydrogen (secondary N) is 2. The molecule has 2 rings (SSSR count). The number of rotatable bonds is 7. The van der Waals surface area contributed by atoms with Gasteiger partial charge in [0.1, 0.15) is 0 Å². The lowest BCUT2D eigenvalue weighted by Crippen LogP contribution is -2.32. The van der Waals surface area contributed by atoms with E-state index >= 15 is 0 Å². The standard InChI is InChI=1S/C19H22N2O4S/c1-12-6-4-7-13(2)17(12)21-18(23)14(3)25-16(22)9-10-20-19(24)15-8-5-11-26-15/h4-8,11,14H,9-10H2,1-3H3,(H,20,24)(H,21,23). The third kappa shape index (κ3) is 5.42. The van der Waals surface area contributed by atoms with Gasteiger partial charge in [-0.2, -0.15) is 0 Å². The van der Waals surface area contributed by atoms with Gasteiger partial charge in [0.25, 0.3) is 11.8 Å². The summed E-state index contributed by atoms with van der Waals surface area (Å²) in [6, 6.07) is 9.20. The Bertz CT molecular complexity index is 767. The van der Waals surface area contributed by atoms with Gasteiger partial charge in [-0.3, -0.25) is 14.4 Å². The number of esters is 1. The molecule has 1 aromatic carbocycles. The quantitative estimate of drug-likeness (QED) is 0.730. The highest BCUT2D eigenvalue weighted by molar-refractivity contribution is 7.12. The van der Waals surface area contributed by atoms with Crippen LogP contribution in [-0.2, 0) is 14.3 Å². The molecule has 26 heavy (non-hydrogen) atoms. The van der Waals surface area contributed by atoms with E-state index in [-0.39, 0.29) is 18.9 Å². The monoisotopic (exact) mass is 374 g/mol. The average molecular weight is 374 g/mol. The first-order chi connectivity index (χ1) is 12.4. The summed E-state index contributed by atoms with van der Waals surface area (Å²) in [5.41, 5.74) is 2.60. The van der Waals surface area contributed by atoms with Gasteiger partial charge in [-0.25, -0.2) is 0 Å². The molecule has 6 nitrogen and oxygen atoms in total. The highest BCUT2D eigenvalue weighted by Crippen LogP contribution is 2.19. The molecule has 1 heterocycles. The summed E-state index contributed by atoms with van der Waals surface area (Å²) in [4.78, 5) is 36.4. The lowest BCUT2D eigenvalue weighted by molar-refractivity contribution is -0.153. The normalized spacial score (nSPS) is 11.5. The van der Waals surface area contributed by atoms with E-state index in [1.165, 1.54) is 18.3 Å². The van der Waals surface area contributed by atoms with Gasteiger partial charge in [0, 0.05) is 12.2 Å². The number of carbonyl (C=O) groups excluding carboxylic acids is 3. The van der Waals surface area contributed by atoms with Crippen LogP contribution in [0.3, 0.4) is 0 Å². The van der Waals surface area contributed by atoms with Gasteiger partial charge in [-0.1, -0.05) is 24.3 Å². The maximum atomic E-state index is 12.2. The molecule has 0 aliphatic heterocycles. The van der Waals surface area contributed by atoms with Crippen molar-refractivity contribution in [3.8, 4) is 0 Å². The fourth-order valence-electron chi connectivity index (χ4n) is 2.32. The molecular weight excluding hydrogens is 352 g/mol. The van der Waals surface area contributed by atoms with Crippen molar-refractivity contribution in [1.29, 1.82) is 0 Å². The molecule has 0 spiro atoms. The summed E-state index contributed by atoms with van der Waals surface area (Å²) in [6.07, 6.45) is -0.924.